The van der Waals surface area contributed by atoms with Crippen LogP contribution < -0.4 is 0 Å². The highest BCUT2D eigenvalue weighted by Crippen LogP contribution is 2.55. The molecule has 6 atom stereocenters. The van der Waals surface area contributed by atoms with Crippen LogP contribution in [-0.4, -0.2) is 24.4 Å². The summed E-state index contributed by atoms with van der Waals surface area (Å²) in [6, 6.07) is 0. The lowest BCUT2D eigenvalue weighted by atomic mass is 9.69. The molecule has 3 aliphatic heterocycles. The summed E-state index contributed by atoms with van der Waals surface area (Å²) in [4.78, 5) is 0. The van der Waals surface area contributed by atoms with Gasteiger partial charge in [-0.25, -0.2) is 0 Å². The van der Waals surface area contributed by atoms with E-state index in [1.165, 1.54) is 24.0 Å². The molecule has 3 saturated heterocycles. The SMILES string of the molecule is C1=C[C@@H]2O[C@@H]3C(=C1)C2=C[C@H]1[C@@H]3[C@H]2CC[C@@H]1O2. The summed E-state index contributed by atoms with van der Waals surface area (Å²) in [7, 11) is 0. The third-order valence-electron chi connectivity index (χ3n) is 4.91. The maximum Gasteiger partial charge on any atom is 0.102 e. The molecule has 2 nitrogen and oxygen atoms in total. The Balaban J connectivity index is 1.70. The van der Waals surface area contributed by atoms with E-state index < -0.39 is 0 Å². The number of hydrogen-bond acceptors (Lipinski definition) is 2. The molecule has 82 valence electrons. The molecule has 0 aromatic rings. The zero-order valence-corrected chi connectivity index (χ0v) is 9.00. The largest absolute Gasteiger partial charge is 0.374 e. The predicted octanol–water partition coefficient (Wildman–Crippen LogP) is 1.98. The van der Waals surface area contributed by atoms with Gasteiger partial charge in [-0.3, -0.25) is 0 Å². The smallest absolute Gasteiger partial charge is 0.102 e. The monoisotopic (exact) mass is 214 g/mol. The fourth-order valence-corrected chi connectivity index (χ4v) is 4.30. The Bertz CT molecular complexity index is 459. The van der Waals surface area contributed by atoms with Crippen LogP contribution in [0, 0.1) is 11.8 Å². The first kappa shape index (κ1) is 8.26. The first-order valence-electron chi connectivity index (χ1n) is 6.33. The minimum absolute atomic E-state index is 0.245. The Morgan fingerprint density at radius 3 is 3.00 bits per heavy atom. The van der Waals surface area contributed by atoms with E-state index >= 15 is 0 Å². The fourth-order valence-electron chi connectivity index (χ4n) is 4.30. The van der Waals surface area contributed by atoms with Crippen LogP contribution in [0.5, 0.6) is 0 Å². The van der Waals surface area contributed by atoms with Crippen molar-refractivity contribution >= 4 is 0 Å². The van der Waals surface area contributed by atoms with Crippen molar-refractivity contribution in [2.45, 2.75) is 37.3 Å². The number of hydrogen-bond donors (Lipinski definition) is 0. The van der Waals surface area contributed by atoms with Gasteiger partial charge in [-0.15, -0.1) is 0 Å². The third kappa shape index (κ3) is 0.770. The molecule has 0 amide bonds. The Hall–Kier alpha value is -0.860. The molecule has 3 fully saturated rings. The molecule has 0 spiro atoms. The van der Waals surface area contributed by atoms with E-state index in [2.05, 4.69) is 24.3 Å². The van der Waals surface area contributed by atoms with Crippen LogP contribution in [0.4, 0.5) is 0 Å². The molecule has 0 aromatic carbocycles. The molecule has 3 heterocycles. The summed E-state index contributed by atoms with van der Waals surface area (Å²) in [5, 5.41) is 0. The van der Waals surface area contributed by atoms with E-state index in [0.717, 1.165) is 0 Å². The second-order valence-corrected chi connectivity index (χ2v) is 5.55. The quantitative estimate of drug-likeness (QED) is 0.614. The van der Waals surface area contributed by atoms with Crippen LogP contribution in [0.3, 0.4) is 0 Å². The maximum absolute atomic E-state index is 6.17. The van der Waals surface area contributed by atoms with Gasteiger partial charge in [0.25, 0.3) is 0 Å². The lowest BCUT2D eigenvalue weighted by molar-refractivity contribution is 0.0164. The van der Waals surface area contributed by atoms with Gasteiger partial charge in [0.2, 0.25) is 0 Å². The van der Waals surface area contributed by atoms with Gasteiger partial charge in [0.1, 0.15) is 6.10 Å². The van der Waals surface area contributed by atoms with E-state index in [1.54, 1.807) is 0 Å². The third-order valence-corrected chi connectivity index (χ3v) is 4.91. The van der Waals surface area contributed by atoms with Gasteiger partial charge in [-0.1, -0.05) is 24.3 Å². The molecule has 5 rings (SSSR count). The van der Waals surface area contributed by atoms with Gasteiger partial charge in [-0.05, 0) is 24.0 Å². The number of rotatable bonds is 0. The van der Waals surface area contributed by atoms with Crippen LogP contribution in [0.15, 0.2) is 35.5 Å². The van der Waals surface area contributed by atoms with Crippen LogP contribution in [0.2, 0.25) is 0 Å². The van der Waals surface area contributed by atoms with Crippen LogP contribution in [0.1, 0.15) is 12.8 Å². The highest BCUT2D eigenvalue weighted by atomic mass is 16.5. The normalized spacial score (nSPS) is 55.0. The summed E-state index contributed by atoms with van der Waals surface area (Å²) >= 11 is 0. The van der Waals surface area contributed by atoms with E-state index in [0.29, 0.717) is 30.1 Å². The molecule has 6 bridgehead atoms. The summed E-state index contributed by atoms with van der Waals surface area (Å²) in [6.45, 7) is 0. The number of fused-ring (bicyclic) bond motifs is 6. The van der Waals surface area contributed by atoms with E-state index in [9.17, 15) is 0 Å². The molecule has 2 heteroatoms. The summed E-state index contributed by atoms with van der Waals surface area (Å²) in [5.74, 6) is 1.23. The molecule has 0 N–H and O–H groups in total. The van der Waals surface area contributed by atoms with Crippen molar-refractivity contribution in [3.8, 4) is 0 Å². The highest BCUT2D eigenvalue weighted by Gasteiger charge is 2.57. The van der Waals surface area contributed by atoms with Gasteiger partial charge in [-0.2, -0.15) is 0 Å². The van der Waals surface area contributed by atoms with Crippen LogP contribution >= 0.6 is 0 Å². The molecular weight excluding hydrogens is 200 g/mol. The highest BCUT2D eigenvalue weighted by molar-refractivity contribution is 5.52. The summed E-state index contributed by atoms with van der Waals surface area (Å²) in [5.41, 5.74) is 2.87. The second-order valence-electron chi connectivity index (χ2n) is 5.55. The summed E-state index contributed by atoms with van der Waals surface area (Å²) in [6.07, 6.45) is 13.0. The average molecular weight is 214 g/mol. The van der Waals surface area contributed by atoms with Gasteiger partial charge in [0.15, 0.2) is 0 Å². The molecule has 0 unspecified atom stereocenters. The molecule has 16 heavy (non-hydrogen) atoms. The minimum atomic E-state index is 0.245. The number of allylic oxidation sites excluding steroid dienone is 2. The zero-order chi connectivity index (χ0) is 10.3. The Morgan fingerprint density at radius 1 is 1.06 bits per heavy atom. The van der Waals surface area contributed by atoms with Crippen molar-refractivity contribution in [2.75, 3.05) is 0 Å². The second kappa shape index (κ2) is 2.52. The van der Waals surface area contributed by atoms with Crippen molar-refractivity contribution in [3.05, 3.63) is 35.5 Å². The zero-order valence-electron chi connectivity index (χ0n) is 9.00. The maximum atomic E-state index is 6.17. The fraction of sp³-hybridized carbons (Fsp3) is 0.571. The first-order chi connectivity index (χ1) is 7.92. The Labute approximate surface area is 94.6 Å². The molecule has 0 radical (unpaired) electrons. The van der Waals surface area contributed by atoms with Crippen molar-refractivity contribution in [3.63, 3.8) is 0 Å². The Morgan fingerprint density at radius 2 is 2.00 bits per heavy atom. The molecule has 0 aromatic heterocycles. The first-order valence-corrected chi connectivity index (χ1v) is 6.33. The van der Waals surface area contributed by atoms with E-state index in [1.807, 2.05) is 0 Å². The van der Waals surface area contributed by atoms with E-state index in [-0.39, 0.29) is 6.10 Å². The van der Waals surface area contributed by atoms with Crippen molar-refractivity contribution in [2.24, 2.45) is 11.8 Å². The average Bonchev–Trinajstić information content (AvgIpc) is 2.91. The van der Waals surface area contributed by atoms with Gasteiger partial charge in [0, 0.05) is 11.8 Å². The van der Waals surface area contributed by atoms with Gasteiger partial charge < -0.3 is 9.47 Å². The predicted molar refractivity (Wildman–Crippen MR) is 58.8 cm³/mol. The van der Waals surface area contributed by atoms with Crippen molar-refractivity contribution < 1.29 is 9.47 Å². The van der Waals surface area contributed by atoms with Crippen LogP contribution in [-0.2, 0) is 9.47 Å². The lowest BCUT2D eigenvalue weighted by Crippen LogP contribution is -2.37. The van der Waals surface area contributed by atoms with Crippen molar-refractivity contribution in [1.29, 1.82) is 0 Å². The van der Waals surface area contributed by atoms with Gasteiger partial charge >= 0.3 is 0 Å². The number of ether oxygens (including phenoxy) is 2. The molecular formula is C14H14O2. The molecule has 0 saturated carbocycles. The lowest BCUT2D eigenvalue weighted by Gasteiger charge is -2.33. The standard InChI is InChI=1S/C14H14O2/c1-2-7-8-6-9-11-4-5-12(15-11)13(9)14(7)16-10(8)3-1/h1-3,6,9-14H,4-5H2/t9-,10+,11+,12-,13-,14-/m1/s1. The van der Waals surface area contributed by atoms with Crippen molar-refractivity contribution in [1.82, 2.24) is 0 Å². The molecule has 5 aliphatic rings. The minimum Gasteiger partial charge on any atom is -0.374 e. The Kier molecular flexibility index (Phi) is 1.30. The summed E-state index contributed by atoms with van der Waals surface area (Å²) < 4.78 is 12.2. The van der Waals surface area contributed by atoms with Crippen LogP contribution in [0.25, 0.3) is 0 Å². The molecule has 2 aliphatic carbocycles. The van der Waals surface area contributed by atoms with E-state index in [4.69, 9.17) is 9.47 Å². The topological polar surface area (TPSA) is 18.5 Å². The van der Waals surface area contributed by atoms with Gasteiger partial charge in [0.05, 0.1) is 18.3 Å².